The van der Waals surface area contributed by atoms with Gasteiger partial charge in [0.25, 0.3) is 0 Å². The molecule has 0 spiro atoms. The van der Waals surface area contributed by atoms with Crippen LogP contribution < -0.4 is 15.9 Å². The van der Waals surface area contributed by atoms with Crippen LogP contribution in [0.4, 0.5) is 0 Å². The molecule has 90 valence electrons. The van der Waals surface area contributed by atoms with Gasteiger partial charge in [-0.25, -0.2) is 5.43 Å². The summed E-state index contributed by atoms with van der Waals surface area (Å²) in [5.74, 6) is -1.88. The van der Waals surface area contributed by atoms with Gasteiger partial charge in [-0.3, -0.25) is 9.59 Å². The summed E-state index contributed by atoms with van der Waals surface area (Å²) < 4.78 is 4.85. The Balaban J connectivity index is 2.69. The zero-order valence-electron chi connectivity index (χ0n) is 9.01. The zero-order valence-corrected chi connectivity index (χ0v) is 9.01. The molecule has 7 nitrogen and oxygen atoms in total. The highest BCUT2D eigenvalue weighted by molar-refractivity contribution is 6.34. The number of phenols is 1. The van der Waals surface area contributed by atoms with Crippen LogP contribution in [-0.4, -0.2) is 30.2 Å². The Kier molecular flexibility index (Phi) is 4.04. The topological polar surface area (TPSA) is 114 Å². The number of nitrogens with one attached hydrogen (secondary N) is 1. The molecule has 1 aromatic carbocycles. The summed E-state index contributed by atoms with van der Waals surface area (Å²) in [5, 5.41) is 12.9. The van der Waals surface area contributed by atoms with Crippen LogP contribution in [0.5, 0.6) is 11.5 Å². The number of nitrogens with zero attached hydrogens (tertiary/aromatic N) is 1. The maximum Gasteiger partial charge on any atom is 0.329 e. The third kappa shape index (κ3) is 3.49. The number of ether oxygens (including phenoxy) is 1. The smallest absolute Gasteiger partial charge is 0.329 e. The van der Waals surface area contributed by atoms with E-state index in [9.17, 15) is 14.7 Å². The second-order valence-electron chi connectivity index (χ2n) is 2.99. The maximum atomic E-state index is 10.7. The number of primary amides is 1. The second kappa shape index (κ2) is 5.50. The van der Waals surface area contributed by atoms with Crippen molar-refractivity contribution in [2.24, 2.45) is 10.8 Å². The van der Waals surface area contributed by atoms with Gasteiger partial charge in [0.2, 0.25) is 0 Å². The molecule has 0 bridgehead atoms. The number of methoxy groups -OCH3 is 1. The molecule has 0 aliphatic rings. The Morgan fingerprint density at radius 1 is 1.53 bits per heavy atom. The number of carbonyl (C=O) groups excluding carboxylic acids is 2. The molecular weight excluding hydrogens is 226 g/mol. The van der Waals surface area contributed by atoms with Gasteiger partial charge < -0.3 is 15.6 Å². The van der Waals surface area contributed by atoms with E-state index in [0.29, 0.717) is 11.3 Å². The highest BCUT2D eigenvalue weighted by Gasteiger charge is 2.05. The summed E-state index contributed by atoms with van der Waals surface area (Å²) in [4.78, 5) is 21.1. The van der Waals surface area contributed by atoms with E-state index in [1.807, 2.05) is 5.43 Å². The molecule has 4 N–H and O–H groups in total. The Bertz CT molecular complexity index is 471. The summed E-state index contributed by atoms with van der Waals surface area (Å²) in [6, 6.07) is 4.53. The third-order valence-corrected chi connectivity index (χ3v) is 1.81. The van der Waals surface area contributed by atoms with Gasteiger partial charge in [-0.15, -0.1) is 0 Å². The van der Waals surface area contributed by atoms with Crippen molar-refractivity contribution in [3.63, 3.8) is 0 Å². The molecule has 17 heavy (non-hydrogen) atoms. The molecule has 0 unspecified atom stereocenters. The largest absolute Gasteiger partial charge is 0.504 e. The second-order valence-corrected chi connectivity index (χ2v) is 2.99. The van der Waals surface area contributed by atoms with Crippen LogP contribution in [0.3, 0.4) is 0 Å². The van der Waals surface area contributed by atoms with Crippen LogP contribution in [0.25, 0.3) is 0 Å². The van der Waals surface area contributed by atoms with Crippen molar-refractivity contribution in [3.8, 4) is 11.5 Å². The number of nitrogens with two attached hydrogens (primary N) is 1. The summed E-state index contributed by atoms with van der Waals surface area (Å²) in [5.41, 5.74) is 7.14. The number of rotatable bonds is 3. The molecule has 0 radical (unpaired) electrons. The van der Waals surface area contributed by atoms with Crippen molar-refractivity contribution < 1.29 is 19.4 Å². The third-order valence-electron chi connectivity index (χ3n) is 1.81. The summed E-state index contributed by atoms with van der Waals surface area (Å²) >= 11 is 0. The van der Waals surface area contributed by atoms with E-state index in [1.54, 1.807) is 6.07 Å². The van der Waals surface area contributed by atoms with Gasteiger partial charge in [-0.1, -0.05) is 0 Å². The van der Waals surface area contributed by atoms with Crippen LogP contribution in [-0.2, 0) is 9.59 Å². The molecule has 0 saturated carbocycles. The molecule has 0 aromatic heterocycles. The first kappa shape index (κ1) is 12.5. The summed E-state index contributed by atoms with van der Waals surface area (Å²) in [6.07, 6.45) is 1.25. The van der Waals surface area contributed by atoms with Gasteiger partial charge in [-0.05, 0) is 23.8 Å². The Morgan fingerprint density at radius 2 is 2.24 bits per heavy atom. The van der Waals surface area contributed by atoms with Crippen LogP contribution in [0.2, 0.25) is 0 Å². The Hall–Kier alpha value is -2.57. The van der Waals surface area contributed by atoms with Gasteiger partial charge in [0.1, 0.15) is 0 Å². The fourth-order valence-electron chi connectivity index (χ4n) is 1.01. The number of phenolic OH excluding ortho intramolecular Hbond substituents is 1. The van der Waals surface area contributed by atoms with E-state index in [4.69, 9.17) is 10.5 Å². The monoisotopic (exact) mass is 237 g/mol. The minimum Gasteiger partial charge on any atom is -0.504 e. The van der Waals surface area contributed by atoms with Crippen molar-refractivity contribution in [2.75, 3.05) is 7.11 Å². The average molecular weight is 237 g/mol. The normalized spacial score (nSPS) is 10.2. The van der Waals surface area contributed by atoms with Gasteiger partial charge in [0.15, 0.2) is 11.5 Å². The summed E-state index contributed by atoms with van der Waals surface area (Å²) in [6.45, 7) is 0. The van der Waals surface area contributed by atoms with Gasteiger partial charge in [0.05, 0.1) is 13.3 Å². The SMILES string of the molecule is COc1ccc(/C=N/NC(=O)C(N)=O)cc1O. The lowest BCUT2D eigenvalue weighted by Gasteiger charge is -2.02. The molecule has 1 rings (SSSR count). The fourth-order valence-corrected chi connectivity index (χ4v) is 1.01. The number of hydrogen-bond donors (Lipinski definition) is 3. The first-order valence-corrected chi connectivity index (χ1v) is 4.54. The van der Waals surface area contributed by atoms with Crippen LogP contribution >= 0.6 is 0 Å². The van der Waals surface area contributed by atoms with Crippen molar-refractivity contribution in [2.45, 2.75) is 0 Å². The number of carbonyl (C=O) groups is 2. The van der Waals surface area contributed by atoms with Gasteiger partial charge in [-0.2, -0.15) is 5.10 Å². The van der Waals surface area contributed by atoms with Crippen molar-refractivity contribution in [3.05, 3.63) is 23.8 Å². The number of aromatic hydroxyl groups is 1. The quantitative estimate of drug-likeness (QED) is 0.367. The van der Waals surface area contributed by atoms with Crippen molar-refractivity contribution >= 4 is 18.0 Å². The van der Waals surface area contributed by atoms with Crippen molar-refractivity contribution in [1.29, 1.82) is 0 Å². The fraction of sp³-hybridized carbons (Fsp3) is 0.100. The zero-order chi connectivity index (χ0) is 12.8. The number of amides is 2. The Morgan fingerprint density at radius 3 is 2.76 bits per heavy atom. The van der Waals surface area contributed by atoms with E-state index in [0.717, 1.165) is 0 Å². The number of benzene rings is 1. The Labute approximate surface area is 96.9 Å². The predicted molar refractivity (Wildman–Crippen MR) is 59.6 cm³/mol. The van der Waals surface area contributed by atoms with E-state index >= 15 is 0 Å². The lowest BCUT2D eigenvalue weighted by molar-refractivity contribution is -0.137. The number of hydrogen-bond acceptors (Lipinski definition) is 5. The van der Waals surface area contributed by atoms with E-state index < -0.39 is 11.8 Å². The first-order chi connectivity index (χ1) is 8.04. The van der Waals surface area contributed by atoms with E-state index in [-0.39, 0.29) is 5.75 Å². The maximum absolute atomic E-state index is 10.7. The van der Waals surface area contributed by atoms with Gasteiger partial charge in [0, 0.05) is 0 Å². The predicted octanol–water partition coefficient (Wildman–Crippen LogP) is -0.664. The van der Waals surface area contributed by atoms with E-state index in [2.05, 4.69) is 5.10 Å². The molecule has 0 atom stereocenters. The molecular formula is C10H11N3O4. The standard InChI is InChI=1S/C10H11N3O4/c1-17-8-3-2-6(4-7(8)14)5-12-13-10(16)9(11)15/h2-5,14H,1H3,(H2,11,15)(H,13,16)/b12-5+. The molecule has 1 aromatic rings. The highest BCUT2D eigenvalue weighted by Crippen LogP contribution is 2.25. The van der Waals surface area contributed by atoms with Crippen LogP contribution in [0.1, 0.15) is 5.56 Å². The van der Waals surface area contributed by atoms with Crippen LogP contribution in [0.15, 0.2) is 23.3 Å². The minimum atomic E-state index is -1.13. The summed E-state index contributed by atoms with van der Waals surface area (Å²) in [7, 11) is 1.43. The highest BCUT2D eigenvalue weighted by atomic mass is 16.5. The number of hydrazone groups is 1. The molecule has 7 heteroatoms. The van der Waals surface area contributed by atoms with Crippen molar-refractivity contribution in [1.82, 2.24) is 5.43 Å². The molecule has 0 aliphatic carbocycles. The molecule has 0 fully saturated rings. The lowest BCUT2D eigenvalue weighted by atomic mass is 10.2. The van der Waals surface area contributed by atoms with Gasteiger partial charge >= 0.3 is 11.8 Å². The molecule has 0 heterocycles. The van der Waals surface area contributed by atoms with Crippen LogP contribution in [0, 0.1) is 0 Å². The first-order valence-electron chi connectivity index (χ1n) is 4.54. The average Bonchev–Trinajstić information content (AvgIpc) is 2.29. The van der Waals surface area contributed by atoms with E-state index in [1.165, 1.54) is 25.5 Å². The lowest BCUT2D eigenvalue weighted by Crippen LogP contribution is -2.32. The molecule has 0 saturated heterocycles. The molecule has 0 aliphatic heterocycles. The minimum absolute atomic E-state index is 0.0577. The molecule has 2 amide bonds.